The normalized spacial score (nSPS) is 27.3. The van der Waals surface area contributed by atoms with Gasteiger partial charge in [0.25, 0.3) is 0 Å². The number of allylic oxidation sites excluding steroid dienone is 1. The largest absolute Gasteiger partial charge is 0.392 e. The minimum atomic E-state index is 0.293. The van der Waals surface area contributed by atoms with Crippen LogP contribution in [0.3, 0.4) is 0 Å². The van der Waals surface area contributed by atoms with Gasteiger partial charge in [-0.05, 0) is 43.1 Å². The summed E-state index contributed by atoms with van der Waals surface area (Å²) >= 11 is 0. The van der Waals surface area contributed by atoms with Crippen LogP contribution in [0, 0.1) is 5.41 Å². The fraction of sp³-hybridized carbons (Fsp3) is 0.833. The van der Waals surface area contributed by atoms with Crippen LogP contribution in [0.4, 0.5) is 0 Å². The second-order valence-corrected chi connectivity index (χ2v) is 4.74. The van der Waals surface area contributed by atoms with Gasteiger partial charge in [-0.2, -0.15) is 0 Å². The second kappa shape index (κ2) is 3.83. The highest BCUT2D eigenvalue weighted by molar-refractivity contribution is 5.14. The van der Waals surface area contributed by atoms with E-state index in [0.717, 1.165) is 6.42 Å². The lowest BCUT2D eigenvalue weighted by Crippen LogP contribution is -2.25. The fourth-order valence-electron chi connectivity index (χ4n) is 3.02. The molecule has 1 fully saturated rings. The monoisotopic (exact) mass is 180 g/mol. The summed E-state index contributed by atoms with van der Waals surface area (Å²) in [6.45, 7) is 0.293. The van der Waals surface area contributed by atoms with Crippen molar-refractivity contribution in [1.82, 2.24) is 0 Å². The van der Waals surface area contributed by atoms with Crippen LogP contribution in [0.5, 0.6) is 0 Å². The summed E-state index contributed by atoms with van der Waals surface area (Å²) in [6, 6.07) is 0. The van der Waals surface area contributed by atoms with Crippen molar-refractivity contribution in [2.45, 2.75) is 51.4 Å². The van der Waals surface area contributed by atoms with Crippen molar-refractivity contribution in [3.05, 3.63) is 11.6 Å². The Morgan fingerprint density at radius 3 is 2.46 bits per heavy atom. The molecule has 13 heavy (non-hydrogen) atoms. The van der Waals surface area contributed by atoms with Crippen LogP contribution in [-0.2, 0) is 0 Å². The maximum atomic E-state index is 9.14. The molecule has 1 heteroatoms. The van der Waals surface area contributed by atoms with E-state index in [4.69, 9.17) is 5.11 Å². The van der Waals surface area contributed by atoms with Gasteiger partial charge in [-0.15, -0.1) is 0 Å². The number of aliphatic hydroxyl groups excluding tert-OH is 1. The zero-order valence-electron chi connectivity index (χ0n) is 8.39. The van der Waals surface area contributed by atoms with Gasteiger partial charge in [0, 0.05) is 0 Å². The molecule has 0 unspecified atom stereocenters. The highest BCUT2D eigenvalue weighted by Crippen LogP contribution is 2.45. The number of hydrogen-bond donors (Lipinski definition) is 1. The minimum Gasteiger partial charge on any atom is -0.392 e. The fourth-order valence-corrected chi connectivity index (χ4v) is 3.02. The molecule has 74 valence electrons. The summed E-state index contributed by atoms with van der Waals surface area (Å²) in [6.07, 6.45) is 13.2. The van der Waals surface area contributed by atoms with Gasteiger partial charge in [0.15, 0.2) is 0 Å². The second-order valence-electron chi connectivity index (χ2n) is 4.74. The first-order chi connectivity index (χ1) is 6.35. The van der Waals surface area contributed by atoms with Crippen LogP contribution in [0.1, 0.15) is 51.4 Å². The molecule has 0 heterocycles. The van der Waals surface area contributed by atoms with Crippen LogP contribution < -0.4 is 0 Å². The lowest BCUT2D eigenvalue weighted by Gasteiger charge is -2.38. The highest BCUT2D eigenvalue weighted by atomic mass is 16.3. The standard InChI is InChI=1S/C12H20O/c13-10-11-5-4-8-12(9-11)6-2-1-3-7-12/h9,13H,1-8,10H2. The molecule has 1 saturated carbocycles. The molecule has 0 atom stereocenters. The molecular weight excluding hydrogens is 160 g/mol. The molecule has 1 nitrogen and oxygen atoms in total. The average Bonchev–Trinajstić information content (AvgIpc) is 2.19. The van der Waals surface area contributed by atoms with Gasteiger partial charge in [-0.1, -0.05) is 25.3 Å². The van der Waals surface area contributed by atoms with Crippen molar-refractivity contribution >= 4 is 0 Å². The topological polar surface area (TPSA) is 20.2 Å². The van der Waals surface area contributed by atoms with E-state index in [-0.39, 0.29) is 0 Å². The molecule has 2 aliphatic carbocycles. The SMILES string of the molecule is OCC1=CC2(CCCCC2)CCC1. The third-order valence-electron chi connectivity index (χ3n) is 3.74. The van der Waals surface area contributed by atoms with Crippen molar-refractivity contribution in [3.63, 3.8) is 0 Å². The van der Waals surface area contributed by atoms with E-state index in [2.05, 4.69) is 6.08 Å². The van der Waals surface area contributed by atoms with Gasteiger partial charge in [0.2, 0.25) is 0 Å². The van der Waals surface area contributed by atoms with Crippen molar-refractivity contribution in [3.8, 4) is 0 Å². The van der Waals surface area contributed by atoms with E-state index in [1.807, 2.05) is 0 Å². The van der Waals surface area contributed by atoms with E-state index in [1.54, 1.807) is 0 Å². The molecule has 0 saturated heterocycles. The van der Waals surface area contributed by atoms with Crippen molar-refractivity contribution in [2.24, 2.45) is 5.41 Å². The van der Waals surface area contributed by atoms with Crippen LogP contribution >= 0.6 is 0 Å². The summed E-state index contributed by atoms with van der Waals surface area (Å²) in [7, 11) is 0. The van der Waals surface area contributed by atoms with E-state index in [0.29, 0.717) is 12.0 Å². The maximum absolute atomic E-state index is 9.14. The van der Waals surface area contributed by atoms with E-state index in [1.165, 1.54) is 50.5 Å². The molecule has 0 bridgehead atoms. The van der Waals surface area contributed by atoms with E-state index >= 15 is 0 Å². The number of rotatable bonds is 1. The Morgan fingerprint density at radius 1 is 1.08 bits per heavy atom. The van der Waals surface area contributed by atoms with Gasteiger partial charge in [0.1, 0.15) is 0 Å². The van der Waals surface area contributed by atoms with E-state index in [9.17, 15) is 0 Å². The Hall–Kier alpha value is -0.300. The maximum Gasteiger partial charge on any atom is 0.0641 e. The first kappa shape index (κ1) is 9.26. The molecule has 0 aliphatic heterocycles. The molecule has 0 aromatic heterocycles. The Morgan fingerprint density at radius 2 is 1.77 bits per heavy atom. The zero-order chi connectivity index (χ0) is 9.15. The zero-order valence-corrected chi connectivity index (χ0v) is 8.39. The van der Waals surface area contributed by atoms with Crippen LogP contribution in [-0.4, -0.2) is 11.7 Å². The molecular formula is C12H20O. The van der Waals surface area contributed by atoms with E-state index < -0.39 is 0 Å². The Bertz CT molecular complexity index is 199. The average molecular weight is 180 g/mol. The first-order valence-corrected chi connectivity index (χ1v) is 5.66. The summed E-state index contributed by atoms with van der Waals surface area (Å²) in [5.41, 5.74) is 1.81. The highest BCUT2D eigenvalue weighted by Gasteiger charge is 2.31. The molecule has 2 rings (SSSR count). The van der Waals surface area contributed by atoms with Gasteiger partial charge in [-0.3, -0.25) is 0 Å². The third-order valence-corrected chi connectivity index (χ3v) is 3.74. The smallest absolute Gasteiger partial charge is 0.0641 e. The molecule has 0 aromatic carbocycles. The van der Waals surface area contributed by atoms with Gasteiger partial charge in [0.05, 0.1) is 6.61 Å². The van der Waals surface area contributed by atoms with Crippen LogP contribution in [0.25, 0.3) is 0 Å². The minimum absolute atomic E-state index is 0.293. The van der Waals surface area contributed by atoms with Gasteiger partial charge < -0.3 is 5.11 Å². The van der Waals surface area contributed by atoms with Crippen LogP contribution in [0.2, 0.25) is 0 Å². The predicted molar refractivity (Wildman–Crippen MR) is 54.5 cm³/mol. The van der Waals surface area contributed by atoms with Gasteiger partial charge in [-0.25, -0.2) is 0 Å². The van der Waals surface area contributed by atoms with Gasteiger partial charge >= 0.3 is 0 Å². The van der Waals surface area contributed by atoms with Crippen LogP contribution in [0.15, 0.2) is 11.6 Å². The third kappa shape index (κ3) is 1.96. The summed E-state index contributed by atoms with van der Waals surface area (Å²) in [4.78, 5) is 0. The number of hydrogen-bond acceptors (Lipinski definition) is 1. The summed E-state index contributed by atoms with van der Waals surface area (Å²) in [5, 5.41) is 9.14. The molecule has 1 spiro atoms. The quantitative estimate of drug-likeness (QED) is 0.615. The Labute approximate surface area is 80.8 Å². The molecule has 1 N–H and O–H groups in total. The number of aliphatic hydroxyl groups is 1. The van der Waals surface area contributed by atoms with Crippen molar-refractivity contribution in [1.29, 1.82) is 0 Å². The van der Waals surface area contributed by atoms with Crippen molar-refractivity contribution in [2.75, 3.05) is 6.61 Å². The lowest BCUT2D eigenvalue weighted by atomic mass is 9.67. The molecule has 0 aromatic rings. The first-order valence-electron chi connectivity index (χ1n) is 5.66. The Kier molecular flexibility index (Phi) is 2.73. The lowest BCUT2D eigenvalue weighted by molar-refractivity contribution is 0.214. The summed E-state index contributed by atoms with van der Waals surface area (Å²) < 4.78 is 0. The summed E-state index contributed by atoms with van der Waals surface area (Å²) in [5.74, 6) is 0. The predicted octanol–water partition coefficient (Wildman–Crippen LogP) is 3.04. The molecule has 0 amide bonds. The molecule has 0 radical (unpaired) electrons. The van der Waals surface area contributed by atoms with Crippen molar-refractivity contribution < 1.29 is 5.11 Å². The Balaban J connectivity index is 2.11. The molecule has 2 aliphatic rings.